The summed E-state index contributed by atoms with van der Waals surface area (Å²) >= 11 is 0. The lowest BCUT2D eigenvalue weighted by Crippen LogP contribution is -2.21. The molecule has 0 amide bonds. The molecule has 24 heavy (non-hydrogen) atoms. The van der Waals surface area contributed by atoms with Gasteiger partial charge in [-0.15, -0.1) is 12.4 Å². The number of anilines is 1. The van der Waals surface area contributed by atoms with E-state index in [1.165, 1.54) is 11.1 Å². The Balaban J connectivity index is 0.00000208. The summed E-state index contributed by atoms with van der Waals surface area (Å²) in [5, 5.41) is 8.11. The predicted octanol–water partition coefficient (Wildman–Crippen LogP) is 2.80. The van der Waals surface area contributed by atoms with Gasteiger partial charge in [0.25, 0.3) is 0 Å². The zero-order chi connectivity index (χ0) is 16.6. The van der Waals surface area contributed by atoms with Gasteiger partial charge in [0, 0.05) is 39.3 Å². The van der Waals surface area contributed by atoms with Gasteiger partial charge in [-0.25, -0.2) is 0 Å². The second-order valence-corrected chi connectivity index (χ2v) is 6.12. The van der Waals surface area contributed by atoms with Crippen molar-refractivity contribution in [3.63, 3.8) is 0 Å². The second kappa shape index (κ2) is 7.32. The maximum Gasteiger partial charge on any atom is 0.231 e. The van der Waals surface area contributed by atoms with Gasteiger partial charge in [0.2, 0.25) is 6.79 Å². The molecule has 0 aliphatic carbocycles. The van der Waals surface area contributed by atoms with E-state index in [2.05, 4.69) is 35.2 Å². The third-order valence-electron chi connectivity index (χ3n) is 4.22. The highest BCUT2D eigenvalue weighted by Gasteiger charge is 2.18. The first kappa shape index (κ1) is 18.4. The van der Waals surface area contributed by atoms with Gasteiger partial charge in [-0.3, -0.25) is 4.68 Å². The van der Waals surface area contributed by atoms with E-state index < -0.39 is 0 Å². The van der Waals surface area contributed by atoms with Crippen LogP contribution < -0.4 is 19.7 Å². The summed E-state index contributed by atoms with van der Waals surface area (Å²) in [5.41, 5.74) is 3.47. The Hall–Kier alpha value is -1.92. The van der Waals surface area contributed by atoms with Crippen molar-refractivity contribution in [2.24, 2.45) is 7.05 Å². The van der Waals surface area contributed by atoms with Crippen molar-refractivity contribution >= 4 is 18.2 Å². The monoisotopic (exact) mass is 352 g/mol. The van der Waals surface area contributed by atoms with Crippen LogP contribution in [0, 0.1) is 6.92 Å². The lowest BCUT2D eigenvalue weighted by Gasteiger charge is -2.18. The van der Waals surface area contributed by atoms with E-state index in [4.69, 9.17) is 9.47 Å². The highest BCUT2D eigenvalue weighted by atomic mass is 35.5. The molecule has 0 fully saturated rings. The topological polar surface area (TPSA) is 51.6 Å². The molecule has 2 heterocycles. The van der Waals surface area contributed by atoms with Crippen LogP contribution in [0.2, 0.25) is 0 Å². The number of aryl methyl sites for hydroxylation is 2. The fourth-order valence-corrected chi connectivity index (χ4v) is 3.01. The molecule has 1 atom stereocenters. The van der Waals surface area contributed by atoms with E-state index >= 15 is 0 Å². The van der Waals surface area contributed by atoms with Crippen molar-refractivity contribution in [2.45, 2.75) is 26.4 Å². The minimum atomic E-state index is 0. The number of ether oxygens (including phenoxy) is 2. The Morgan fingerprint density at radius 2 is 2.00 bits per heavy atom. The van der Waals surface area contributed by atoms with E-state index in [-0.39, 0.29) is 18.4 Å². The molecule has 6 nitrogen and oxygen atoms in total. The molecule has 1 aromatic heterocycles. The molecular formula is C17H25ClN4O2. The van der Waals surface area contributed by atoms with E-state index in [9.17, 15) is 0 Å². The highest BCUT2D eigenvalue weighted by molar-refractivity contribution is 5.85. The van der Waals surface area contributed by atoms with E-state index in [1.807, 2.05) is 38.0 Å². The average molecular weight is 353 g/mol. The van der Waals surface area contributed by atoms with Crippen molar-refractivity contribution in [1.29, 1.82) is 0 Å². The molecular weight excluding hydrogens is 328 g/mol. The van der Waals surface area contributed by atoms with Crippen molar-refractivity contribution < 1.29 is 9.47 Å². The van der Waals surface area contributed by atoms with Crippen LogP contribution in [0.25, 0.3) is 0 Å². The Labute approximate surface area is 149 Å². The van der Waals surface area contributed by atoms with Crippen LogP contribution in [0.5, 0.6) is 11.5 Å². The van der Waals surface area contributed by atoms with Crippen LogP contribution in [0.4, 0.5) is 5.82 Å². The van der Waals surface area contributed by atoms with Crippen LogP contribution in [0.15, 0.2) is 18.2 Å². The van der Waals surface area contributed by atoms with Crippen LogP contribution in [-0.4, -0.2) is 30.7 Å². The molecule has 1 aromatic carbocycles. The maximum absolute atomic E-state index is 5.46. The Kier molecular flexibility index (Phi) is 5.62. The number of rotatable bonds is 5. The average Bonchev–Trinajstić information content (AvgIpc) is 3.07. The van der Waals surface area contributed by atoms with Crippen molar-refractivity contribution in [3.8, 4) is 11.5 Å². The largest absolute Gasteiger partial charge is 0.454 e. The molecule has 0 radical (unpaired) electrons. The third kappa shape index (κ3) is 3.44. The predicted molar refractivity (Wildman–Crippen MR) is 97.3 cm³/mol. The molecule has 3 rings (SSSR count). The summed E-state index contributed by atoms with van der Waals surface area (Å²) in [6, 6.07) is 6.30. The van der Waals surface area contributed by atoms with E-state index in [0.29, 0.717) is 6.79 Å². The normalized spacial score (nSPS) is 13.5. The molecule has 0 spiro atoms. The first-order valence-corrected chi connectivity index (χ1v) is 7.80. The first-order chi connectivity index (χ1) is 11.0. The smallest absolute Gasteiger partial charge is 0.231 e. The summed E-state index contributed by atoms with van der Waals surface area (Å²) < 4.78 is 12.7. The zero-order valence-corrected chi connectivity index (χ0v) is 15.6. The first-order valence-electron chi connectivity index (χ1n) is 7.80. The molecule has 132 valence electrons. The van der Waals surface area contributed by atoms with E-state index in [1.54, 1.807) is 0 Å². The number of fused-ring (bicyclic) bond motifs is 1. The number of hydrogen-bond donors (Lipinski definition) is 1. The maximum atomic E-state index is 5.46. The minimum absolute atomic E-state index is 0. The number of aromatic nitrogens is 2. The van der Waals surface area contributed by atoms with Crippen LogP contribution in [-0.2, 0) is 13.6 Å². The van der Waals surface area contributed by atoms with Crippen LogP contribution in [0.1, 0.15) is 29.8 Å². The van der Waals surface area contributed by atoms with Crippen molar-refractivity contribution in [1.82, 2.24) is 15.1 Å². The summed E-state index contributed by atoms with van der Waals surface area (Å²) in [7, 11) is 6.07. The van der Waals surface area contributed by atoms with Gasteiger partial charge >= 0.3 is 0 Å². The zero-order valence-electron chi connectivity index (χ0n) is 14.8. The molecule has 0 bridgehead atoms. The number of hydrogen-bond acceptors (Lipinski definition) is 5. The molecule has 1 N–H and O–H groups in total. The minimum Gasteiger partial charge on any atom is -0.454 e. The lowest BCUT2D eigenvalue weighted by molar-refractivity contribution is 0.174. The fourth-order valence-electron chi connectivity index (χ4n) is 3.01. The fraction of sp³-hybridized carbons (Fsp3) is 0.471. The summed E-state index contributed by atoms with van der Waals surface area (Å²) in [5.74, 6) is 2.77. The molecule has 1 aliphatic heterocycles. The number of halogens is 1. The molecule has 0 saturated heterocycles. The summed E-state index contributed by atoms with van der Waals surface area (Å²) in [6.45, 7) is 5.28. The number of benzene rings is 1. The van der Waals surface area contributed by atoms with Gasteiger partial charge in [-0.05, 0) is 31.5 Å². The van der Waals surface area contributed by atoms with Crippen LogP contribution >= 0.6 is 12.4 Å². The quantitative estimate of drug-likeness (QED) is 0.896. The molecule has 0 saturated carbocycles. The summed E-state index contributed by atoms with van der Waals surface area (Å²) in [4.78, 5) is 2.10. The standard InChI is InChI=1S/C17H24N4O2.ClH/c1-11(13-6-7-15-16(8-13)23-10-22-15)18-9-14-12(2)19-21(5)17(14)20(3)4;/h6-8,11,18H,9-10H2,1-5H3;1H. The van der Waals surface area contributed by atoms with Gasteiger partial charge < -0.3 is 19.7 Å². The third-order valence-corrected chi connectivity index (χ3v) is 4.22. The van der Waals surface area contributed by atoms with Gasteiger partial charge in [-0.2, -0.15) is 5.10 Å². The molecule has 1 unspecified atom stereocenters. The summed E-state index contributed by atoms with van der Waals surface area (Å²) in [6.07, 6.45) is 0. The molecule has 2 aromatic rings. The molecule has 7 heteroatoms. The number of nitrogens with one attached hydrogen (secondary N) is 1. The number of nitrogens with zero attached hydrogens (tertiary/aromatic N) is 3. The highest BCUT2D eigenvalue weighted by Crippen LogP contribution is 2.34. The van der Waals surface area contributed by atoms with Crippen molar-refractivity contribution in [3.05, 3.63) is 35.0 Å². The van der Waals surface area contributed by atoms with Gasteiger partial charge in [-0.1, -0.05) is 6.07 Å². The Bertz CT molecular complexity index is 715. The van der Waals surface area contributed by atoms with E-state index in [0.717, 1.165) is 29.6 Å². The van der Waals surface area contributed by atoms with Crippen LogP contribution in [0.3, 0.4) is 0 Å². The second-order valence-electron chi connectivity index (χ2n) is 6.12. The van der Waals surface area contributed by atoms with Gasteiger partial charge in [0.05, 0.1) is 5.69 Å². The SMILES string of the molecule is Cc1nn(C)c(N(C)C)c1CNC(C)c1ccc2c(c1)OCO2.Cl. The molecule has 1 aliphatic rings. The Morgan fingerprint density at radius 3 is 2.71 bits per heavy atom. The van der Waals surface area contributed by atoms with Crippen molar-refractivity contribution in [2.75, 3.05) is 25.8 Å². The van der Waals surface area contributed by atoms with Gasteiger partial charge in [0.15, 0.2) is 11.5 Å². The van der Waals surface area contributed by atoms with Gasteiger partial charge in [0.1, 0.15) is 5.82 Å². The lowest BCUT2D eigenvalue weighted by atomic mass is 10.1. The Morgan fingerprint density at radius 1 is 1.29 bits per heavy atom.